The molecule has 0 saturated heterocycles. The molecular weight excluding hydrogens is 205 g/mol. The largest absolute Gasteiger partial charge is 0.411 e. The molecule has 1 rings (SSSR count). The average Bonchev–Trinajstić information content (AvgIpc) is 2.33. The molecule has 0 atom stereocenters. The van der Waals surface area contributed by atoms with Crippen LogP contribution in [0.4, 0.5) is 19.0 Å². The summed E-state index contributed by atoms with van der Waals surface area (Å²) in [6, 6.07) is 0. The van der Waals surface area contributed by atoms with E-state index in [0.717, 1.165) is 0 Å². The van der Waals surface area contributed by atoms with Crippen LogP contribution in [0.1, 0.15) is 5.01 Å². The lowest BCUT2D eigenvalue weighted by atomic mass is 10.7. The molecule has 7 heteroatoms. The van der Waals surface area contributed by atoms with Crippen LogP contribution >= 0.6 is 11.3 Å². The first-order valence-corrected chi connectivity index (χ1v) is 4.20. The molecule has 0 aromatic carbocycles. The van der Waals surface area contributed by atoms with Crippen molar-refractivity contribution in [3.63, 3.8) is 0 Å². The summed E-state index contributed by atoms with van der Waals surface area (Å²) in [5.74, 6) is 0.301. The molecule has 3 nitrogen and oxygen atoms in total. The van der Waals surface area contributed by atoms with Gasteiger partial charge in [-0.1, -0.05) is 0 Å². The van der Waals surface area contributed by atoms with E-state index in [0.29, 0.717) is 10.8 Å². The molecule has 1 heterocycles. The Balaban J connectivity index is 2.28. The van der Waals surface area contributed by atoms with Gasteiger partial charge in [0.15, 0.2) is 0 Å². The molecule has 0 radical (unpaired) electrons. The van der Waals surface area contributed by atoms with E-state index in [1.54, 1.807) is 5.38 Å². The maximum absolute atomic E-state index is 11.6. The van der Waals surface area contributed by atoms with E-state index in [9.17, 15) is 13.2 Å². The van der Waals surface area contributed by atoms with E-state index >= 15 is 0 Å². The highest BCUT2D eigenvalue weighted by atomic mass is 32.1. The highest BCUT2D eigenvalue weighted by Crippen LogP contribution is 2.17. The average molecular weight is 212 g/mol. The van der Waals surface area contributed by atoms with Gasteiger partial charge in [-0.2, -0.15) is 13.2 Å². The van der Waals surface area contributed by atoms with E-state index in [4.69, 9.17) is 5.73 Å². The summed E-state index contributed by atoms with van der Waals surface area (Å²) in [6.07, 6.45) is -4.29. The number of nitrogen functional groups attached to an aromatic ring is 1. The van der Waals surface area contributed by atoms with Crippen molar-refractivity contribution in [2.45, 2.75) is 12.8 Å². The number of aromatic nitrogens is 1. The lowest BCUT2D eigenvalue weighted by Gasteiger charge is -2.05. The number of ether oxygens (including phenoxy) is 1. The zero-order chi connectivity index (χ0) is 9.90. The Labute approximate surface area is 76.3 Å². The molecule has 74 valence electrons. The Morgan fingerprint density at radius 1 is 1.54 bits per heavy atom. The highest BCUT2D eigenvalue weighted by molar-refractivity contribution is 7.09. The van der Waals surface area contributed by atoms with E-state index in [2.05, 4.69) is 9.72 Å². The minimum atomic E-state index is -4.29. The maximum atomic E-state index is 11.6. The van der Waals surface area contributed by atoms with Crippen LogP contribution in [-0.4, -0.2) is 17.8 Å². The van der Waals surface area contributed by atoms with Crippen molar-refractivity contribution in [1.82, 2.24) is 4.98 Å². The molecule has 0 amide bonds. The Morgan fingerprint density at radius 3 is 2.69 bits per heavy atom. The first kappa shape index (κ1) is 10.3. The fourth-order valence-electron chi connectivity index (χ4n) is 0.645. The van der Waals surface area contributed by atoms with Gasteiger partial charge in [0, 0.05) is 5.38 Å². The smallest absolute Gasteiger partial charge is 0.383 e. The zero-order valence-corrected chi connectivity index (χ0v) is 7.28. The monoisotopic (exact) mass is 212 g/mol. The molecule has 0 saturated carbocycles. The van der Waals surface area contributed by atoms with Crippen molar-refractivity contribution in [2.75, 3.05) is 12.3 Å². The summed E-state index contributed by atoms with van der Waals surface area (Å²) in [5.41, 5.74) is 5.26. The number of alkyl halides is 3. The first-order chi connectivity index (χ1) is 5.97. The number of nitrogens with zero attached hydrogens (tertiary/aromatic N) is 1. The Hall–Kier alpha value is -0.820. The van der Waals surface area contributed by atoms with Crippen LogP contribution in [0.15, 0.2) is 5.38 Å². The van der Waals surface area contributed by atoms with Gasteiger partial charge in [0.25, 0.3) is 0 Å². The SMILES string of the molecule is Nc1csc(COCC(F)(F)F)n1. The highest BCUT2D eigenvalue weighted by Gasteiger charge is 2.27. The number of rotatable bonds is 3. The van der Waals surface area contributed by atoms with Crippen molar-refractivity contribution in [3.05, 3.63) is 10.4 Å². The van der Waals surface area contributed by atoms with Crippen molar-refractivity contribution in [3.8, 4) is 0 Å². The van der Waals surface area contributed by atoms with Crippen LogP contribution in [0.5, 0.6) is 0 Å². The second kappa shape index (κ2) is 3.93. The van der Waals surface area contributed by atoms with Gasteiger partial charge in [0.1, 0.15) is 17.4 Å². The number of halogens is 3. The second-order valence-electron chi connectivity index (χ2n) is 2.27. The van der Waals surface area contributed by atoms with Crippen molar-refractivity contribution >= 4 is 17.2 Å². The molecule has 0 fully saturated rings. The van der Waals surface area contributed by atoms with Crippen molar-refractivity contribution < 1.29 is 17.9 Å². The normalized spacial score (nSPS) is 11.9. The van der Waals surface area contributed by atoms with E-state index in [-0.39, 0.29) is 6.61 Å². The molecule has 1 aromatic heterocycles. The standard InChI is InChI=1S/C6H7F3N2OS/c7-6(8,9)3-12-1-5-11-4(10)2-13-5/h2H,1,3,10H2. The molecule has 0 unspecified atom stereocenters. The van der Waals surface area contributed by atoms with Gasteiger partial charge < -0.3 is 10.5 Å². The molecule has 0 spiro atoms. The molecule has 0 aliphatic heterocycles. The van der Waals surface area contributed by atoms with Crippen molar-refractivity contribution in [1.29, 1.82) is 0 Å². The third kappa shape index (κ3) is 4.09. The number of anilines is 1. The quantitative estimate of drug-likeness (QED) is 0.831. The Kier molecular flexibility index (Phi) is 3.10. The van der Waals surface area contributed by atoms with Crippen molar-refractivity contribution in [2.24, 2.45) is 0 Å². The summed E-state index contributed by atoms with van der Waals surface area (Å²) in [4.78, 5) is 3.73. The number of nitrogens with two attached hydrogens (primary N) is 1. The van der Waals surface area contributed by atoms with Crippen LogP contribution in [0.25, 0.3) is 0 Å². The number of thiazole rings is 1. The third-order valence-electron chi connectivity index (χ3n) is 1.06. The molecule has 0 bridgehead atoms. The Bertz CT molecular complexity index is 273. The molecule has 0 aliphatic rings. The van der Waals surface area contributed by atoms with Crippen LogP contribution in [-0.2, 0) is 11.3 Å². The molecule has 1 aromatic rings. The lowest BCUT2D eigenvalue weighted by Crippen LogP contribution is -2.16. The number of hydrogen-bond acceptors (Lipinski definition) is 4. The fraction of sp³-hybridized carbons (Fsp3) is 0.500. The van der Waals surface area contributed by atoms with Gasteiger partial charge in [-0.15, -0.1) is 11.3 Å². The summed E-state index contributed by atoms with van der Waals surface area (Å²) in [5, 5.41) is 1.99. The predicted octanol–water partition coefficient (Wildman–Crippen LogP) is 1.80. The van der Waals surface area contributed by atoms with Crippen LogP contribution in [0.2, 0.25) is 0 Å². The third-order valence-corrected chi connectivity index (χ3v) is 1.90. The molecule has 0 aliphatic carbocycles. The molecular formula is C6H7F3N2OS. The van der Waals surface area contributed by atoms with Crippen LogP contribution in [0, 0.1) is 0 Å². The first-order valence-electron chi connectivity index (χ1n) is 3.32. The summed E-state index contributed by atoms with van der Waals surface area (Å²) in [6.45, 7) is -1.41. The molecule has 13 heavy (non-hydrogen) atoms. The predicted molar refractivity (Wildman–Crippen MR) is 42.2 cm³/mol. The summed E-state index contributed by atoms with van der Waals surface area (Å²) >= 11 is 1.17. The maximum Gasteiger partial charge on any atom is 0.411 e. The van der Waals surface area contributed by atoms with E-state index in [1.807, 2.05) is 0 Å². The minimum absolute atomic E-state index is 0.151. The minimum Gasteiger partial charge on any atom is -0.383 e. The van der Waals surface area contributed by atoms with Gasteiger partial charge in [-0.05, 0) is 0 Å². The van der Waals surface area contributed by atoms with E-state index < -0.39 is 12.8 Å². The summed E-state index contributed by atoms with van der Waals surface area (Å²) < 4.78 is 39.2. The fourth-order valence-corrected chi connectivity index (χ4v) is 1.26. The van der Waals surface area contributed by atoms with Gasteiger partial charge in [0.2, 0.25) is 0 Å². The summed E-state index contributed by atoms with van der Waals surface area (Å²) in [7, 11) is 0. The van der Waals surface area contributed by atoms with Crippen LogP contribution in [0.3, 0.4) is 0 Å². The second-order valence-corrected chi connectivity index (χ2v) is 3.22. The lowest BCUT2D eigenvalue weighted by molar-refractivity contribution is -0.176. The molecule has 2 N–H and O–H groups in total. The van der Waals surface area contributed by atoms with Gasteiger partial charge in [0.05, 0.1) is 6.61 Å². The van der Waals surface area contributed by atoms with Gasteiger partial charge in [-0.3, -0.25) is 0 Å². The van der Waals surface area contributed by atoms with Crippen LogP contribution < -0.4 is 5.73 Å². The van der Waals surface area contributed by atoms with E-state index in [1.165, 1.54) is 11.3 Å². The van der Waals surface area contributed by atoms with Gasteiger partial charge in [-0.25, -0.2) is 4.98 Å². The topological polar surface area (TPSA) is 48.1 Å². The number of hydrogen-bond donors (Lipinski definition) is 1. The van der Waals surface area contributed by atoms with Gasteiger partial charge >= 0.3 is 6.18 Å². The Morgan fingerprint density at radius 2 is 2.23 bits per heavy atom. The zero-order valence-electron chi connectivity index (χ0n) is 6.47.